The zero-order chi connectivity index (χ0) is 8.85. The van der Waals surface area contributed by atoms with E-state index in [-0.39, 0.29) is 6.42 Å². The van der Waals surface area contributed by atoms with E-state index in [0.717, 1.165) is 6.08 Å². The van der Waals surface area contributed by atoms with Crippen molar-refractivity contribution in [2.24, 2.45) is 5.73 Å². The summed E-state index contributed by atoms with van der Waals surface area (Å²) in [6.07, 6.45) is 2.14. The monoisotopic (exact) mass is 159 g/mol. The van der Waals surface area contributed by atoms with Crippen molar-refractivity contribution in [2.45, 2.75) is 12.5 Å². The molecule has 5 heteroatoms. The van der Waals surface area contributed by atoms with Crippen molar-refractivity contribution in [3.8, 4) is 0 Å². The zero-order valence-corrected chi connectivity index (χ0v) is 5.73. The molecule has 0 fully saturated rings. The van der Waals surface area contributed by atoms with Gasteiger partial charge in [0.25, 0.3) is 0 Å². The van der Waals surface area contributed by atoms with Crippen molar-refractivity contribution >= 4 is 11.9 Å². The number of carboxylic acid groups (broad SMARTS) is 2. The maximum absolute atomic E-state index is 10.1. The molecule has 5 nitrogen and oxygen atoms in total. The van der Waals surface area contributed by atoms with Gasteiger partial charge in [0, 0.05) is 0 Å². The van der Waals surface area contributed by atoms with E-state index in [1.807, 2.05) is 0 Å². The molecular weight excluding hydrogens is 150 g/mol. The first-order valence-corrected chi connectivity index (χ1v) is 2.91. The molecule has 0 aliphatic heterocycles. The average molecular weight is 159 g/mol. The molecule has 0 rings (SSSR count). The van der Waals surface area contributed by atoms with Crippen molar-refractivity contribution in [3.63, 3.8) is 0 Å². The van der Waals surface area contributed by atoms with Crippen LogP contribution in [0.1, 0.15) is 6.42 Å². The third-order valence-corrected chi connectivity index (χ3v) is 0.921. The van der Waals surface area contributed by atoms with Gasteiger partial charge in [-0.3, -0.25) is 9.59 Å². The van der Waals surface area contributed by atoms with E-state index in [0.29, 0.717) is 0 Å². The number of hydrogen-bond acceptors (Lipinski definition) is 3. The predicted octanol–water partition coefficient (Wildman–Crippen LogP) is -0.571. The maximum atomic E-state index is 10.1. The lowest BCUT2D eigenvalue weighted by atomic mass is 10.2. The largest absolute Gasteiger partial charge is 0.481 e. The van der Waals surface area contributed by atoms with Crippen LogP contribution in [0, 0.1) is 0 Å². The van der Waals surface area contributed by atoms with Gasteiger partial charge < -0.3 is 15.9 Å². The molecular formula is C6H9NO4. The Morgan fingerprint density at radius 3 is 2.36 bits per heavy atom. The lowest BCUT2D eigenvalue weighted by molar-refractivity contribution is -0.138. The summed E-state index contributed by atoms with van der Waals surface area (Å²) in [7, 11) is 0. The Morgan fingerprint density at radius 1 is 1.45 bits per heavy atom. The fourth-order valence-corrected chi connectivity index (χ4v) is 0.398. The van der Waals surface area contributed by atoms with Gasteiger partial charge in [-0.2, -0.15) is 0 Å². The van der Waals surface area contributed by atoms with Crippen LogP contribution >= 0.6 is 0 Å². The molecule has 62 valence electrons. The smallest absolute Gasteiger partial charge is 0.324 e. The average Bonchev–Trinajstić information content (AvgIpc) is 1.86. The minimum absolute atomic E-state index is 0.207. The van der Waals surface area contributed by atoms with Gasteiger partial charge in [-0.1, -0.05) is 12.2 Å². The molecule has 1 unspecified atom stereocenters. The third kappa shape index (κ3) is 5.10. The predicted molar refractivity (Wildman–Crippen MR) is 37.0 cm³/mol. The first-order chi connectivity index (χ1) is 5.04. The van der Waals surface area contributed by atoms with Crippen molar-refractivity contribution in [3.05, 3.63) is 12.2 Å². The molecule has 0 heterocycles. The Balaban J connectivity index is 3.74. The van der Waals surface area contributed by atoms with Crippen LogP contribution in [-0.2, 0) is 9.59 Å². The highest BCUT2D eigenvalue weighted by atomic mass is 16.4. The normalized spacial score (nSPS) is 13.2. The number of nitrogens with two attached hydrogens (primary N) is 1. The van der Waals surface area contributed by atoms with Crippen molar-refractivity contribution in [1.29, 1.82) is 0 Å². The Bertz CT molecular complexity index is 187. The van der Waals surface area contributed by atoms with Gasteiger partial charge in [0.1, 0.15) is 6.04 Å². The Kier molecular flexibility index (Phi) is 3.90. The molecule has 1 atom stereocenters. The van der Waals surface area contributed by atoms with Crippen LogP contribution in [0.25, 0.3) is 0 Å². The van der Waals surface area contributed by atoms with E-state index in [2.05, 4.69) is 0 Å². The van der Waals surface area contributed by atoms with E-state index >= 15 is 0 Å². The van der Waals surface area contributed by atoms with E-state index in [4.69, 9.17) is 15.9 Å². The van der Waals surface area contributed by atoms with Crippen molar-refractivity contribution in [1.82, 2.24) is 0 Å². The second kappa shape index (κ2) is 4.45. The summed E-state index contributed by atoms with van der Waals surface area (Å²) in [4.78, 5) is 20.0. The first kappa shape index (κ1) is 9.64. The molecule has 0 saturated heterocycles. The highest BCUT2D eigenvalue weighted by molar-refractivity contribution is 5.76. The number of aliphatic carboxylic acids is 2. The quantitative estimate of drug-likeness (QED) is 0.477. The second-order valence-corrected chi connectivity index (χ2v) is 1.89. The number of rotatable bonds is 4. The molecule has 0 spiro atoms. The third-order valence-electron chi connectivity index (χ3n) is 0.921. The zero-order valence-electron chi connectivity index (χ0n) is 5.73. The maximum Gasteiger partial charge on any atom is 0.324 e. The molecule has 0 aromatic heterocycles. The molecule has 11 heavy (non-hydrogen) atoms. The molecule has 0 aliphatic carbocycles. The Labute approximate surface area is 63.1 Å². The minimum Gasteiger partial charge on any atom is -0.481 e. The summed E-state index contributed by atoms with van der Waals surface area (Å²) in [5.41, 5.74) is 5.02. The van der Waals surface area contributed by atoms with Crippen LogP contribution in [0.15, 0.2) is 12.2 Å². The number of carboxylic acids is 2. The lowest BCUT2D eigenvalue weighted by Gasteiger charge is -1.95. The first-order valence-electron chi connectivity index (χ1n) is 2.91. The summed E-state index contributed by atoms with van der Waals surface area (Å²) >= 11 is 0. The number of hydrogen-bond donors (Lipinski definition) is 3. The summed E-state index contributed by atoms with van der Waals surface area (Å²) in [5, 5.41) is 16.3. The van der Waals surface area contributed by atoms with Gasteiger partial charge >= 0.3 is 11.9 Å². The fraction of sp³-hybridized carbons (Fsp3) is 0.333. The molecule has 0 amide bonds. The molecule has 0 aliphatic rings. The summed E-state index contributed by atoms with van der Waals surface area (Å²) in [5.74, 6) is -2.19. The SMILES string of the molecule is NC(C=CCC(=O)O)C(=O)O. The highest BCUT2D eigenvalue weighted by Gasteiger charge is 2.05. The van der Waals surface area contributed by atoms with Crippen molar-refractivity contribution in [2.75, 3.05) is 0 Å². The number of carbonyl (C=O) groups is 2. The van der Waals surface area contributed by atoms with Crippen LogP contribution in [0.2, 0.25) is 0 Å². The molecule has 0 saturated carbocycles. The van der Waals surface area contributed by atoms with E-state index in [9.17, 15) is 9.59 Å². The molecule has 0 radical (unpaired) electrons. The van der Waals surface area contributed by atoms with E-state index in [1.165, 1.54) is 6.08 Å². The van der Waals surface area contributed by atoms with Gasteiger partial charge in [0.05, 0.1) is 6.42 Å². The summed E-state index contributed by atoms with van der Waals surface area (Å²) < 4.78 is 0. The van der Waals surface area contributed by atoms with Crippen LogP contribution in [0.4, 0.5) is 0 Å². The summed E-state index contributed by atoms with van der Waals surface area (Å²) in [6, 6.07) is -1.12. The lowest BCUT2D eigenvalue weighted by Crippen LogP contribution is -2.27. The van der Waals surface area contributed by atoms with Gasteiger partial charge in [-0.25, -0.2) is 0 Å². The van der Waals surface area contributed by atoms with Gasteiger partial charge in [-0.05, 0) is 0 Å². The van der Waals surface area contributed by atoms with Gasteiger partial charge in [0.2, 0.25) is 0 Å². The van der Waals surface area contributed by atoms with E-state index < -0.39 is 18.0 Å². The standard InChI is InChI=1S/C6H9NO4/c7-4(6(10)11)2-1-3-5(8)9/h1-2,4H,3,7H2,(H,8,9)(H,10,11). The molecule has 4 N–H and O–H groups in total. The fourth-order valence-electron chi connectivity index (χ4n) is 0.398. The Morgan fingerprint density at radius 2 is 2.00 bits per heavy atom. The Hall–Kier alpha value is -1.36. The highest BCUT2D eigenvalue weighted by Crippen LogP contribution is 1.86. The van der Waals surface area contributed by atoms with Crippen molar-refractivity contribution < 1.29 is 19.8 Å². The molecule has 0 bridgehead atoms. The van der Waals surface area contributed by atoms with Crippen LogP contribution in [0.5, 0.6) is 0 Å². The molecule has 0 aromatic carbocycles. The van der Waals surface area contributed by atoms with E-state index in [1.54, 1.807) is 0 Å². The van der Waals surface area contributed by atoms with Gasteiger partial charge in [0.15, 0.2) is 0 Å². The summed E-state index contributed by atoms with van der Waals surface area (Å²) in [6.45, 7) is 0. The van der Waals surface area contributed by atoms with Crippen LogP contribution in [0.3, 0.4) is 0 Å². The molecule has 0 aromatic rings. The minimum atomic E-state index is -1.17. The van der Waals surface area contributed by atoms with Gasteiger partial charge in [-0.15, -0.1) is 0 Å². The topological polar surface area (TPSA) is 101 Å². The van der Waals surface area contributed by atoms with Crippen LogP contribution < -0.4 is 5.73 Å². The second-order valence-electron chi connectivity index (χ2n) is 1.89. The van der Waals surface area contributed by atoms with Crippen LogP contribution in [-0.4, -0.2) is 28.2 Å².